The first-order valence-corrected chi connectivity index (χ1v) is 10.3. The quantitative estimate of drug-likeness (QED) is 0.518. The van der Waals surface area contributed by atoms with Crippen LogP contribution < -0.4 is 4.90 Å². The zero-order valence-corrected chi connectivity index (χ0v) is 16.5. The van der Waals surface area contributed by atoms with Crippen molar-refractivity contribution in [1.29, 1.82) is 0 Å². The molecule has 3 aromatic rings. The Kier molecular flexibility index (Phi) is 3.28. The molecule has 0 N–H and O–H groups in total. The van der Waals surface area contributed by atoms with Gasteiger partial charge in [-0.25, -0.2) is 4.90 Å². The first kappa shape index (κ1) is 16.3. The van der Waals surface area contributed by atoms with Gasteiger partial charge in [0.15, 0.2) is 0 Å². The van der Waals surface area contributed by atoms with Gasteiger partial charge in [-0.3, -0.25) is 9.59 Å². The number of hydrogen-bond acceptors (Lipinski definition) is 2. The Morgan fingerprint density at radius 1 is 0.607 bits per heavy atom. The molecule has 1 aliphatic heterocycles. The zero-order chi connectivity index (χ0) is 19.0. The third kappa shape index (κ3) is 1.93. The van der Waals surface area contributed by atoms with Gasteiger partial charge in [-0.15, -0.1) is 0 Å². The molecule has 2 atom stereocenters. The second-order valence-electron chi connectivity index (χ2n) is 7.75. The molecule has 136 valence electrons. The highest BCUT2D eigenvalue weighted by Gasteiger charge is 2.61. The summed E-state index contributed by atoms with van der Waals surface area (Å²) in [5.74, 6) is -0.914. The minimum absolute atomic E-state index is 0.0562. The van der Waals surface area contributed by atoms with E-state index in [1.54, 1.807) is 0 Å². The monoisotopic (exact) mass is 429 g/mol. The van der Waals surface area contributed by atoms with Crippen molar-refractivity contribution >= 4 is 33.4 Å². The van der Waals surface area contributed by atoms with Gasteiger partial charge in [0.1, 0.15) is 0 Å². The van der Waals surface area contributed by atoms with Crippen LogP contribution in [-0.2, 0) is 9.59 Å². The Hall–Kier alpha value is -2.72. The number of rotatable bonds is 1. The summed E-state index contributed by atoms with van der Waals surface area (Å²) in [7, 11) is 0. The molecule has 4 aliphatic rings. The second-order valence-corrected chi connectivity index (χ2v) is 8.67. The average molecular weight is 430 g/mol. The van der Waals surface area contributed by atoms with E-state index in [-0.39, 0.29) is 35.5 Å². The lowest BCUT2D eigenvalue weighted by atomic mass is 9.55. The molecule has 0 aromatic heterocycles. The number of carbonyl (C=O) groups excluding carboxylic acids is 2. The van der Waals surface area contributed by atoms with Gasteiger partial charge in [0.2, 0.25) is 11.8 Å². The number of nitrogens with zero attached hydrogens (tertiary/aromatic N) is 1. The van der Waals surface area contributed by atoms with Gasteiger partial charge in [0.25, 0.3) is 0 Å². The number of imide groups is 1. The van der Waals surface area contributed by atoms with Gasteiger partial charge < -0.3 is 0 Å². The SMILES string of the molecule is O=C1C2C3c4ccccc4C(c4ccccc43)C2C(=O)N1c1ccc(Br)cc1. The van der Waals surface area contributed by atoms with Gasteiger partial charge in [-0.1, -0.05) is 64.5 Å². The fourth-order valence-corrected chi connectivity index (χ4v) is 5.79. The Balaban J connectivity index is 1.57. The number of amides is 2. The van der Waals surface area contributed by atoms with E-state index in [1.807, 2.05) is 48.5 Å². The number of hydrogen-bond donors (Lipinski definition) is 0. The number of carbonyl (C=O) groups is 2. The molecule has 28 heavy (non-hydrogen) atoms. The smallest absolute Gasteiger partial charge is 0.238 e. The summed E-state index contributed by atoms with van der Waals surface area (Å²) in [5, 5.41) is 0. The largest absolute Gasteiger partial charge is 0.274 e. The van der Waals surface area contributed by atoms with E-state index in [9.17, 15) is 9.59 Å². The standard InChI is InChI=1S/C24H16BrNO2/c25-13-9-11-14(12-10-13)26-23(27)21-19-15-5-1-2-6-16(15)20(22(21)24(26)28)18-8-4-3-7-17(18)19/h1-12,19-22H. The molecule has 4 heteroatoms. The van der Waals surface area contributed by atoms with Crippen molar-refractivity contribution in [3.63, 3.8) is 0 Å². The molecule has 2 bridgehead atoms. The highest BCUT2D eigenvalue weighted by Crippen LogP contribution is 2.61. The van der Waals surface area contributed by atoms with Crippen LogP contribution in [0.25, 0.3) is 0 Å². The molecule has 0 spiro atoms. The fourth-order valence-electron chi connectivity index (χ4n) is 5.52. The summed E-state index contributed by atoms with van der Waals surface area (Å²) in [6, 6.07) is 24.0. The average Bonchev–Trinajstić information content (AvgIpc) is 3.00. The lowest BCUT2D eigenvalue weighted by Gasteiger charge is -2.45. The number of benzene rings is 3. The molecule has 2 amide bonds. The zero-order valence-electron chi connectivity index (χ0n) is 14.9. The maximum absolute atomic E-state index is 13.5. The molecule has 2 unspecified atom stereocenters. The second kappa shape index (κ2) is 5.65. The number of anilines is 1. The Morgan fingerprint density at radius 2 is 1.00 bits per heavy atom. The van der Waals surface area contributed by atoms with Gasteiger partial charge in [0, 0.05) is 16.3 Å². The summed E-state index contributed by atoms with van der Waals surface area (Å²) in [6.07, 6.45) is 0. The van der Waals surface area contributed by atoms with E-state index < -0.39 is 0 Å². The van der Waals surface area contributed by atoms with Crippen LogP contribution in [0.1, 0.15) is 34.1 Å². The normalized spacial score (nSPS) is 26.8. The molecule has 1 heterocycles. The van der Waals surface area contributed by atoms with Crippen LogP contribution in [0.4, 0.5) is 5.69 Å². The van der Waals surface area contributed by atoms with Crippen LogP contribution in [0.15, 0.2) is 77.3 Å². The van der Waals surface area contributed by atoms with E-state index in [2.05, 4.69) is 40.2 Å². The Labute approximate surface area is 171 Å². The van der Waals surface area contributed by atoms with E-state index >= 15 is 0 Å². The van der Waals surface area contributed by atoms with Crippen molar-refractivity contribution in [3.05, 3.63) is 99.5 Å². The Morgan fingerprint density at radius 3 is 1.39 bits per heavy atom. The molecule has 3 aromatic carbocycles. The van der Waals surface area contributed by atoms with E-state index in [4.69, 9.17) is 0 Å². The fraction of sp³-hybridized carbons (Fsp3) is 0.167. The van der Waals surface area contributed by atoms with Crippen LogP contribution in [0.5, 0.6) is 0 Å². The predicted molar refractivity (Wildman–Crippen MR) is 110 cm³/mol. The summed E-state index contributed by atoms with van der Waals surface area (Å²) >= 11 is 3.43. The van der Waals surface area contributed by atoms with Crippen LogP contribution in [0, 0.1) is 11.8 Å². The summed E-state index contributed by atoms with van der Waals surface area (Å²) in [4.78, 5) is 28.5. The summed E-state index contributed by atoms with van der Waals surface area (Å²) in [5.41, 5.74) is 5.45. The molecular formula is C24H16BrNO2. The maximum Gasteiger partial charge on any atom is 0.238 e. The maximum atomic E-state index is 13.5. The highest BCUT2D eigenvalue weighted by atomic mass is 79.9. The lowest BCUT2D eigenvalue weighted by Crippen LogP contribution is -2.41. The summed E-state index contributed by atoms with van der Waals surface area (Å²) in [6.45, 7) is 0. The predicted octanol–water partition coefficient (Wildman–Crippen LogP) is 4.85. The van der Waals surface area contributed by atoms with Gasteiger partial charge in [-0.05, 0) is 46.5 Å². The van der Waals surface area contributed by atoms with Crippen molar-refractivity contribution in [3.8, 4) is 0 Å². The number of halogens is 1. The van der Waals surface area contributed by atoms with Gasteiger partial charge in [0.05, 0.1) is 17.5 Å². The van der Waals surface area contributed by atoms with Crippen LogP contribution in [0.2, 0.25) is 0 Å². The van der Waals surface area contributed by atoms with Crippen molar-refractivity contribution in [2.45, 2.75) is 11.8 Å². The topological polar surface area (TPSA) is 37.4 Å². The Bertz CT molecular complexity index is 1040. The first-order chi connectivity index (χ1) is 13.7. The van der Waals surface area contributed by atoms with Gasteiger partial charge in [-0.2, -0.15) is 0 Å². The van der Waals surface area contributed by atoms with Gasteiger partial charge >= 0.3 is 0 Å². The van der Waals surface area contributed by atoms with E-state index in [1.165, 1.54) is 27.2 Å². The molecule has 0 radical (unpaired) electrons. The molecule has 1 fully saturated rings. The third-order valence-corrected chi connectivity index (χ3v) is 7.06. The summed E-state index contributed by atoms with van der Waals surface area (Å²) < 4.78 is 0.924. The van der Waals surface area contributed by atoms with E-state index in [0.717, 1.165) is 4.47 Å². The van der Waals surface area contributed by atoms with Crippen molar-refractivity contribution in [2.24, 2.45) is 11.8 Å². The van der Waals surface area contributed by atoms with E-state index in [0.29, 0.717) is 5.69 Å². The third-order valence-electron chi connectivity index (χ3n) is 6.53. The highest BCUT2D eigenvalue weighted by molar-refractivity contribution is 9.10. The van der Waals surface area contributed by atoms with Crippen molar-refractivity contribution in [2.75, 3.05) is 4.90 Å². The molecule has 0 saturated carbocycles. The molecule has 1 saturated heterocycles. The molecule has 3 aliphatic carbocycles. The molecule has 3 nitrogen and oxygen atoms in total. The molecule has 7 rings (SSSR count). The van der Waals surface area contributed by atoms with Crippen molar-refractivity contribution < 1.29 is 9.59 Å². The minimum atomic E-state index is -0.328. The minimum Gasteiger partial charge on any atom is -0.274 e. The van der Waals surface area contributed by atoms with Crippen LogP contribution in [0.3, 0.4) is 0 Å². The molecular weight excluding hydrogens is 414 g/mol. The van der Waals surface area contributed by atoms with Crippen LogP contribution in [-0.4, -0.2) is 11.8 Å². The van der Waals surface area contributed by atoms with Crippen molar-refractivity contribution in [1.82, 2.24) is 0 Å². The lowest BCUT2D eigenvalue weighted by molar-refractivity contribution is -0.122. The van der Waals surface area contributed by atoms with Crippen LogP contribution >= 0.6 is 15.9 Å². The first-order valence-electron chi connectivity index (χ1n) is 9.48.